The zero-order valence-electron chi connectivity index (χ0n) is 29.0. The van der Waals surface area contributed by atoms with Gasteiger partial charge in [0.05, 0.1) is 22.8 Å². The van der Waals surface area contributed by atoms with E-state index in [2.05, 4.69) is 90.0 Å². The van der Waals surface area contributed by atoms with Crippen LogP contribution in [0.4, 0.5) is 0 Å². The van der Waals surface area contributed by atoms with Gasteiger partial charge in [-0.2, -0.15) is 0 Å². The number of ether oxygens (including phenoxy) is 1. The Bertz CT molecular complexity index is 2550. The van der Waals surface area contributed by atoms with Gasteiger partial charge in [0.25, 0.3) is 0 Å². The second-order valence-electron chi connectivity index (χ2n) is 13.0. The standard InChI is InChI=1S/C48H33N3O2/c1-31(52)53-48-36-23-14-24-37(48)45(33-17-8-3-9-18-33)39-26-28-41(50-39)47(35-21-12-5-13-22-35)43-30-29-42(51-43)46(34-19-10-4-11-20-34)40-27-25-38(49-40)44(36)32-15-6-2-7-16-32/h2-30,51H,1H3. The van der Waals surface area contributed by atoms with Crippen LogP contribution in [0.5, 0.6) is 5.75 Å². The summed E-state index contributed by atoms with van der Waals surface area (Å²) < 4.78 is 6.27. The third-order valence-electron chi connectivity index (χ3n) is 9.58. The summed E-state index contributed by atoms with van der Waals surface area (Å²) in [6.45, 7) is 1.45. The molecule has 8 bridgehead atoms. The molecule has 0 amide bonds. The summed E-state index contributed by atoms with van der Waals surface area (Å²) in [5, 5.41) is 1.87. The van der Waals surface area contributed by atoms with Crippen LogP contribution in [-0.2, 0) is 4.79 Å². The highest BCUT2D eigenvalue weighted by Gasteiger charge is 2.27. The monoisotopic (exact) mass is 683 g/mol. The molecule has 5 aromatic carbocycles. The van der Waals surface area contributed by atoms with Crippen LogP contribution in [0.15, 0.2) is 197 Å². The molecule has 5 nitrogen and oxygen atoms in total. The van der Waals surface area contributed by atoms with Crippen LogP contribution < -0.4 is 15.4 Å². The van der Waals surface area contributed by atoms with Crippen molar-refractivity contribution in [3.63, 3.8) is 0 Å². The molecule has 4 heterocycles. The Morgan fingerprint density at radius 3 is 1.21 bits per heavy atom. The Kier molecular flexibility index (Phi) is 8.14. The lowest BCUT2D eigenvalue weighted by atomic mass is 9.89. The number of aliphatic imine (C=N–C) groups is 2. The number of H-pyrrole nitrogens is 1. The van der Waals surface area contributed by atoms with E-state index in [1.54, 1.807) is 0 Å². The van der Waals surface area contributed by atoms with Crippen molar-refractivity contribution >= 4 is 39.7 Å². The molecule has 0 saturated heterocycles. The van der Waals surface area contributed by atoms with Crippen LogP contribution in [0.3, 0.4) is 0 Å². The molecule has 1 aromatic heterocycles. The van der Waals surface area contributed by atoms with Crippen molar-refractivity contribution < 1.29 is 9.53 Å². The maximum atomic E-state index is 13.0. The van der Waals surface area contributed by atoms with E-state index in [1.807, 2.05) is 91.0 Å². The molecule has 0 radical (unpaired) electrons. The maximum absolute atomic E-state index is 13.0. The summed E-state index contributed by atoms with van der Waals surface area (Å²) in [6, 6.07) is 51.3. The lowest BCUT2D eigenvalue weighted by Gasteiger charge is -2.20. The quantitative estimate of drug-likeness (QED) is 0.146. The van der Waals surface area contributed by atoms with Gasteiger partial charge in [-0.05, 0) is 58.7 Å². The molecule has 0 aliphatic carbocycles. The number of aromatic nitrogens is 1. The summed E-state index contributed by atoms with van der Waals surface area (Å²) >= 11 is 0. The third kappa shape index (κ3) is 5.94. The van der Waals surface area contributed by atoms with Crippen molar-refractivity contribution in [3.8, 4) is 5.75 Å². The fraction of sp³-hybridized carbons (Fsp3) is 0.0208. The molecule has 6 aromatic rings. The van der Waals surface area contributed by atoms with Crippen LogP contribution in [0.25, 0.3) is 22.3 Å². The number of nitrogens with zero attached hydrogens (tertiary/aromatic N) is 2. The number of benzene rings is 5. The lowest BCUT2D eigenvalue weighted by Crippen LogP contribution is -2.21. The number of esters is 1. The average Bonchev–Trinajstić information content (AvgIpc) is 3.98. The molecule has 3 aliphatic rings. The minimum Gasteiger partial charge on any atom is -0.425 e. The van der Waals surface area contributed by atoms with Gasteiger partial charge in [0.2, 0.25) is 0 Å². The molecule has 252 valence electrons. The third-order valence-corrected chi connectivity index (χ3v) is 9.58. The molecule has 0 atom stereocenters. The number of aromatic amines is 1. The van der Waals surface area contributed by atoms with Crippen molar-refractivity contribution in [2.75, 3.05) is 0 Å². The van der Waals surface area contributed by atoms with E-state index >= 15 is 0 Å². The number of nitrogens with one attached hydrogen (secondary N) is 1. The molecular formula is C48H33N3O2. The zero-order chi connectivity index (χ0) is 35.7. The number of hydrogen-bond acceptors (Lipinski definition) is 4. The number of carbonyl (C=O) groups is 1. The zero-order valence-corrected chi connectivity index (χ0v) is 29.0. The van der Waals surface area contributed by atoms with E-state index in [9.17, 15) is 4.79 Å². The van der Waals surface area contributed by atoms with Crippen molar-refractivity contribution in [1.82, 2.24) is 4.98 Å². The molecule has 0 saturated carbocycles. The first kappa shape index (κ1) is 31.8. The first-order valence-corrected chi connectivity index (χ1v) is 17.6. The predicted octanol–water partition coefficient (Wildman–Crippen LogP) is 8.59. The van der Waals surface area contributed by atoms with Crippen molar-refractivity contribution in [1.29, 1.82) is 0 Å². The second kappa shape index (κ2) is 13.5. The van der Waals surface area contributed by atoms with Crippen LogP contribution in [0.1, 0.15) is 40.3 Å². The molecule has 1 N–H and O–H groups in total. The number of rotatable bonds is 5. The van der Waals surface area contributed by atoms with Crippen LogP contribution in [-0.4, -0.2) is 22.4 Å². The van der Waals surface area contributed by atoms with Gasteiger partial charge in [0.1, 0.15) is 5.75 Å². The Labute approximate surface area is 307 Å². The number of fused-ring (bicyclic) bond motifs is 6. The SMILES string of the molecule is CC(=O)Oc1c2cccc1C(c1ccccc1)=C1C=CC(=N1)C(c1ccccc1)=c1ccc([nH]1)=C(c1ccccc1)C1=NC(=C2c2ccccc2)C=C1. The Hall–Kier alpha value is -7.11. The summed E-state index contributed by atoms with van der Waals surface area (Å²) in [6.07, 6.45) is 8.26. The van der Waals surface area contributed by atoms with Gasteiger partial charge in [0, 0.05) is 51.0 Å². The molecule has 0 unspecified atom stereocenters. The predicted molar refractivity (Wildman–Crippen MR) is 214 cm³/mol. The van der Waals surface area contributed by atoms with Crippen LogP contribution >= 0.6 is 0 Å². The molecule has 0 spiro atoms. The van der Waals surface area contributed by atoms with Crippen molar-refractivity contribution in [2.24, 2.45) is 9.98 Å². The Balaban J connectivity index is 1.47. The first-order chi connectivity index (χ1) is 26.1. The molecule has 0 fully saturated rings. The van der Waals surface area contributed by atoms with E-state index in [0.29, 0.717) is 5.75 Å². The summed E-state index contributed by atoms with van der Waals surface area (Å²) in [5.41, 5.74) is 12.3. The fourth-order valence-electron chi connectivity index (χ4n) is 7.34. The average molecular weight is 684 g/mol. The van der Waals surface area contributed by atoms with Crippen molar-refractivity contribution in [3.05, 3.63) is 231 Å². The smallest absolute Gasteiger partial charge is 0.308 e. The normalized spacial score (nSPS) is 14.8. The van der Waals surface area contributed by atoms with E-state index in [1.165, 1.54) is 6.92 Å². The van der Waals surface area contributed by atoms with Crippen molar-refractivity contribution in [2.45, 2.75) is 6.92 Å². The summed E-state index contributed by atoms with van der Waals surface area (Å²) in [7, 11) is 0. The highest BCUT2D eigenvalue weighted by Crippen LogP contribution is 2.43. The molecule has 3 aliphatic heterocycles. The van der Waals surface area contributed by atoms with Gasteiger partial charge < -0.3 is 9.72 Å². The second-order valence-corrected chi connectivity index (χ2v) is 13.0. The van der Waals surface area contributed by atoms with E-state index in [4.69, 9.17) is 14.7 Å². The minimum atomic E-state index is -0.416. The van der Waals surface area contributed by atoms with Gasteiger partial charge in [-0.25, -0.2) is 9.98 Å². The van der Waals surface area contributed by atoms with Crippen LogP contribution in [0, 0.1) is 0 Å². The summed E-state index contributed by atoms with van der Waals surface area (Å²) in [5.74, 6) is 0.0340. The number of carbonyl (C=O) groups excluding carboxylic acids is 1. The van der Waals surface area contributed by atoms with Gasteiger partial charge >= 0.3 is 5.97 Å². The van der Waals surface area contributed by atoms with Gasteiger partial charge in [-0.1, -0.05) is 140 Å². The van der Waals surface area contributed by atoms with E-state index in [0.717, 1.165) is 89.2 Å². The first-order valence-electron chi connectivity index (χ1n) is 17.6. The minimum absolute atomic E-state index is 0.416. The maximum Gasteiger partial charge on any atom is 0.308 e. The number of hydrogen-bond donors (Lipinski definition) is 1. The molecule has 53 heavy (non-hydrogen) atoms. The topological polar surface area (TPSA) is 66.8 Å². The summed E-state index contributed by atoms with van der Waals surface area (Å²) in [4.78, 5) is 27.6. The number of allylic oxidation sites excluding steroid dienone is 4. The fourth-order valence-corrected chi connectivity index (χ4v) is 7.34. The van der Waals surface area contributed by atoms with E-state index < -0.39 is 5.97 Å². The highest BCUT2D eigenvalue weighted by atomic mass is 16.5. The molecular weight excluding hydrogens is 651 g/mol. The van der Waals surface area contributed by atoms with Crippen LogP contribution in [0.2, 0.25) is 0 Å². The largest absolute Gasteiger partial charge is 0.425 e. The lowest BCUT2D eigenvalue weighted by molar-refractivity contribution is -0.131. The molecule has 5 heteroatoms. The Morgan fingerprint density at radius 2 is 0.830 bits per heavy atom. The van der Waals surface area contributed by atoms with Gasteiger partial charge in [-0.3, -0.25) is 4.79 Å². The van der Waals surface area contributed by atoms with Gasteiger partial charge in [0.15, 0.2) is 0 Å². The highest BCUT2D eigenvalue weighted by molar-refractivity contribution is 6.31. The Morgan fingerprint density at radius 1 is 0.453 bits per heavy atom. The van der Waals surface area contributed by atoms with E-state index in [-0.39, 0.29) is 0 Å². The van der Waals surface area contributed by atoms with Gasteiger partial charge in [-0.15, -0.1) is 0 Å². The molecule has 9 rings (SSSR count). The number of para-hydroxylation sites is 1.